The minimum Gasteiger partial charge on any atom is -0.378 e. The van der Waals surface area contributed by atoms with Crippen LogP contribution in [0.25, 0.3) is 0 Å². The van der Waals surface area contributed by atoms with Gasteiger partial charge in [0.25, 0.3) is 0 Å². The Morgan fingerprint density at radius 2 is 2.15 bits per heavy atom. The van der Waals surface area contributed by atoms with Gasteiger partial charge in [0.2, 0.25) is 0 Å². The summed E-state index contributed by atoms with van der Waals surface area (Å²) in [5.74, 6) is 0.592. The molecule has 3 heterocycles. The highest BCUT2D eigenvalue weighted by Gasteiger charge is 2.44. The van der Waals surface area contributed by atoms with Gasteiger partial charge in [0.05, 0.1) is 6.10 Å². The molecule has 0 aromatic heterocycles. The molecule has 3 fully saturated rings. The molecule has 0 aromatic carbocycles. The third-order valence-corrected chi connectivity index (χ3v) is 5.86. The molecule has 116 valence electrons. The highest BCUT2D eigenvalue weighted by atomic mass is 16.5. The van der Waals surface area contributed by atoms with Crippen LogP contribution in [0, 0.1) is 5.92 Å². The van der Waals surface area contributed by atoms with Gasteiger partial charge in [-0.2, -0.15) is 0 Å². The first-order valence-electron chi connectivity index (χ1n) is 8.45. The Labute approximate surface area is 123 Å². The van der Waals surface area contributed by atoms with Gasteiger partial charge in [-0.15, -0.1) is 0 Å². The molecule has 0 radical (unpaired) electrons. The number of ether oxygens (including phenoxy) is 1. The third-order valence-electron chi connectivity index (χ3n) is 5.86. The predicted octanol–water partition coefficient (Wildman–Crippen LogP) is 1.30. The molecule has 0 aliphatic carbocycles. The van der Waals surface area contributed by atoms with Gasteiger partial charge < -0.3 is 10.5 Å². The average molecular weight is 281 g/mol. The van der Waals surface area contributed by atoms with Crippen LogP contribution in [0.15, 0.2) is 0 Å². The van der Waals surface area contributed by atoms with Crippen molar-refractivity contribution in [1.82, 2.24) is 9.80 Å². The molecule has 4 nitrogen and oxygen atoms in total. The lowest BCUT2D eigenvalue weighted by molar-refractivity contribution is -0.100. The molecule has 0 bridgehead atoms. The second-order valence-corrected chi connectivity index (χ2v) is 7.31. The van der Waals surface area contributed by atoms with Gasteiger partial charge in [0.1, 0.15) is 0 Å². The Balaban J connectivity index is 1.71. The summed E-state index contributed by atoms with van der Waals surface area (Å²) in [5, 5.41) is 0. The van der Waals surface area contributed by atoms with E-state index in [1.54, 1.807) is 0 Å². The molecule has 2 N–H and O–H groups in total. The molecule has 0 aromatic rings. The fourth-order valence-corrected chi connectivity index (χ4v) is 4.39. The van der Waals surface area contributed by atoms with E-state index in [9.17, 15) is 0 Å². The first-order chi connectivity index (χ1) is 9.64. The van der Waals surface area contributed by atoms with Crippen LogP contribution in [0.2, 0.25) is 0 Å². The molecule has 3 rings (SSSR count). The number of hydrogen-bond donors (Lipinski definition) is 1. The maximum atomic E-state index is 6.26. The highest BCUT2D eigenvalue weighted by Crippen LogP contribution is 2.35. The van der Waals surface area contributed by atoms with Crippen molar-refractivity contribution in [2.24, 2.45) is 11.7 Å². The minimum atomic E-state index is 0.196. The van der Waals surface area contributed by atoms with E-state index in [0.717, 1.165) is 32.0 Å². The maximum Gasteiger partial charge on any atom is 0.0616 e. The van der Waals surface area contributed by atoms with E-state index in [4.69, 9.17) is 10.5 Å². The van der Waals surface area contributed by atoms with E-state index in [0.29, 0.717) is 12.0 Å². The zero-order valence-corrected chi connectivity index (χ0v) is 13.2. The Hall–Kier alpha value is -0.160. The van der Waals surface area contributed by atoms with Crippen LogP contribution in [-0.4, -0.2) is 66.8 Å². The average Bonchev–Trinajstić information content (AvgIpc) is 2.94. The number of hydrogen-bond acceptors (Lipinski definition) is 4. The topological polar surface area (TPSA) is 41.7 Å². The van der Waals surface area contributed by atoms with Gasteiger partial charge in [0.15, 0.2) is 0 Å². The number of nitrogens with zero attached hydrogens (tertiary/aromatic N) is 2. The third kappa shape index (κ3) is 2.63. The van der Waals surface area contributed by atoms with E-state index < -0.39 is 0 Å². The standard InChI is InChI=1S/C16H31N3O/c1-13(2)15-10-16(12-17,5-9-20-15)19-8-7-18-6-3-4-14(18)11-19/h13-15H,3-12,17H2,1-2H3. The molecule has 0 saturated carbocycles. The molecule has 3 unspecified atom stereocenters. The van der Waals surface area contributed by atoms with Crippen molar-refractivity contribution in [2.45, 2.75) is 57.2 Å². The molecule has 0 spiro atoms. The van der Waals surface area contributed by atoms with Crippen molar-refractivity contribution < 1.29 is 4.74 Å². The zero-order chi connectivity index (χ0) is 14.2. The number of rotatable bonds is 3. The van der Waals surface area contributed by atoms with Crippen LogP contribution in [0.5, 0.6) is 0 Å². The second kappa shape index (κ2) is 5.91. The van der Waals surface area contributed by atoms with Gasteiger partial charge in [-0.25, -0.2) is 0 Å². The molecular weight excluding hydrogens is 250 g/mol. The van der Waals surface area contributed by atoms with E-state index in [2.05, 4.69) is 23.6 Å². The van der Waals surface area contributed by atoms with Gasteiger partial charge in [0, 0.05) is 44.4 Å². The van der Waals surface area contributed by atoms with Crippen LogP contribution in [0.3, 0.4) is 0 Å². The van der Waals surface area contributed by atoms with Crippen LogP contribution < -0.4 is 5.73 Å². The largest absolute Gasteiger partial charge is 0.378 e. The SMILES string of the molecule is CC(C)C1CC(CN)(N2CCN3CCCC3C2)CCO1. The lowest BCUT2D eigenvalue weighted by atomic mass is 9.81. The fraction of sp³-hybridized carbons (Fsp3) is 1.00. The lowest BCUT2D eigenvalue weighted by Gasteiger charge is -2.52. The second-order valence-electron chi connectivity index (χ2n) is 7.31. The first kappa shape index (κ1) is 14.8. The van der Waals surface area contributed by atoms with Crippen LogP contribution in [0.4, 0.5) is 0 Å². The Kier molecular flexibility index (Phi) is 4.37. The monoisotopic (exact) mass is 281 g/mol. The zero-order valence-electron chi connectivity index (χ0n) is 13.2. The summed E-state index contributed by atoms with van der Waals surface area (Å²) in [7, 11) is 0. The number of piperazine rings is 1. The lowest BCUT2D eigenvalue weighted by Crippen LogP contribution is -2.64. The summed E-state index contributed by atoms with van der Waals surface area (Å²) in [6.07, 6.45) is 5.37. The maximum absolute atomic E-state index is 6.26. The molecule has 3 aliphatic rings. The van der Waals surface area contributed by atoms with E-state index in [-0.39, 0.29) is 5.54 Å². The highest BCUT2D eigenvalue weighted by molar-refractivity contribution is 5.01. The Morgan fingerprint density at radius 3 is 2.90 bits per heavy atom. The van der Waals surface area contributed by atoms with Crippen LogP contribution in [0.1, 0.15) is 39.5 Å². The van der Waals surface area contributed by atoms with E-state index in [1.165, 1.54) is 39.0 Å². The van der Waals surface area contributed by atoms with Crippen molar-refractivity contribution >= 4 is 0 Å². The van der Waals surface area contributed by atoms with Gasteiger partial charge in [-0.05, 0) is 38.1 Å². The van der Waals surface area contributed by atoms with Crippen molar-refractivity contribution in [3.05, 3.63) is 0 Å². The normalized spacial score (nSPS) is 40.2. The van der Waals surface area contributed by atoms with E-state index >= 15 is 0 Å². The van der Waals surface area contributed by atoms with Crippen molar-refractivity contribution in [3.8, 4) is 0 Å². The summed E-state index contributed by atoms with van der Waals surface area (Å²) in [5.41, 5.74) is 6.45. The first-order valence-corrected chi connectivity index (χ1v) is 8.45. The summed E-state index contributed by atoms with van der Waals surface area (Å²) in [4.78, 5) is 5.40. The summed E-state index contributed by atoms with van der Waals surface area (Å²) < 4.78 is 5.98. The van der Waals surface area contributed by atoms with Crippen molar-refractivity contribution in [3.63, 3.8) is 0 Å². The Bertz CT molecular complexity index is 336. The molecular formula is C16H31N3O. The molecule has 3 atom stereocenters. The fourth-order valence-electron chi connectivity index (χ4n) is 4.39. The van der Waals surface area contributed by atoms with Crippen molar-refractivity contribution in [2.75, 3.05) is 39.3 Å². The molecule has 20 heavy (non-hydrogen) atoms. The quantitative estimate of drug-likeness (QED) is 0.847. The number of nitrogens with two attached hydrogens (primary N) is 1. The molecule has 0 amide bonds. The van der Waals surface area contributed by atoms with Gasteiger partial charge in [-0.1, -0.05) is 13.8 Å². The van der Waals surface area contributed by atoms with Crippen molar-refractivity contribution in [1.29, 1.82) is 0 Å². The predicted molar refractivity (Wildman–Crippen MR) is 81.8 cm³/mol. The molecule has 4 heteroatoms. The minimum absolute atomic E-state index is 0.196. The smallest absolute Gasteiger partial charge is 0.0616 e. The Morgan fingerprint density at radius 1 is 1.30 bits per heavy atom. The van der Waals surface area contributed by atoms with Gasteiger partial charge in [-0.3, -0.25) is 9.80 Å². The van der Waals surface area contributed by atoms with Crippen LogP contribution >= 0.6 is 0 Å². The molecule has 3 saturated heterocycles. The van der Waals surface area contributed by atoms with Gasteiger partial charge >= 0.3 is 0 Å². The summed E-state index contributed by atoms with van der Waals surface area (Å²) in [6, 6.07) is 0.785. The summed E-state index contributed by atoms with van der Waals surface area (Å²) in [6.45, 7) is 11.2. The number of fused-ring (bicyclic) bond motifs is 1. The van der Waals surface area contributed by atoms with E-state index in [1.807, 2.05) is 0 Å². The van der Waals surface area contributed by atoms with Crippen LogP contribution in [-0.2, 0) is 4.74 Å². The summed E-state index contributed by atoms with van der Waals surface area (Å²) >= 11 is 0. The molecule has 3 aliphatic heterocycles.